The highest BCUT2D eigenvalue weighted by Crippen LogP contribution is 2.21. The summed E-state index contributed by atoms with van der Waals surface area (Å²) in [6.45, 7) is 3.82. The predicted molar refractivity (Wildman–Crippen MR) is 96.9 cm³/mol. The van der Waals surface area contributed by atoms with Gasteiger partial charge in [-0.25, -0.2) is 13.4 Å². The Morgan fingerprint density at radius 2 is 1.71 bits per heavy atom. The number of benzene rings is 1. The van der Waals surface area contributed by atoms with Crippen molar-refractivity contribution in [1.82, 2.24) is 4.98 Å². The Balaban J connectivity index is 1.75. The van der Waals surface area contributed by atoms with E-state index in [1.165, 1.54) is 25.7 Å². The summed E-state index contributed by atoms with van der Waals surface area (Å²) in [5, 5.41) is 0. The Bertz CT molecular complexity index is 780. The van der Waals surface area contributed by atoms with Crippen molar-refractivity contribution >= 4 is 21.5 Å². The van der Waals surface area contributed by atoms with Crippen molar-refractivity contribution in [3.63, 3.8) is 0 Å². The van der Waals surface area contributed by atoms with E-state index in [9.17, 15) is 8.42 Å². The molecule has 1 saturated heterocycles. The molecule has 0 atom stereocenters. The molecule has 1 aliphatic heterocycles. The highest BCUT2D eigenvalue weighted by atomic mass is 32.2. The summed E-state index contributed by atoms with van der Waals surface area (Å²) in [6.07, 6.45) is 6.50. The van der Waals surface area contributed by atoms with Gasteiger partial charge in [-0.3, -0.25) is 4.72 Å². The summed E-state index contributed by atoms with van der Waals surface area (Å²) < 4.78 is 27.6. The molecule has 1 aromatic heterocycles. The van der Waals surface area contributed by atoms with Crippen LogP contribution in [0.25, 0.3) is 0 Å². The normalized spacial score (nSPS) is 15.8. The second-order valence-corrected chi connectivity index (χ2v) is 7.83. The number of sulfonamides is 1. The molecule has 1 N–H and O–H groups in total. The van der Waals surface area contributed by atoms with Crippen LogP contribution in [0.1, 0.15) is 31.2 Å². The molecule has 0 amide bonds. The number of aromatic nitrogens is 1. The first-order chi connectivity index (χ1) is 11.6. The van der Waals surface area contributed by atoms with E-state index in [0.717, 1.165) is 24.5 Å². The zero-order chi connectivity index (χ0) is 17.0. The smallest absolute Gasteiger partial charge is 0.262 e. The van der Waals surface area contributed by atoms with E-state index in [0.29, 0.717) is 10.6 Å². The van der Waals surface area contributed by atoms with Crippen LogP contribution in [0.3, 0.4) is 0 Å². The van der Waals surface area contributed by atoms with Crippen molar-refractivity contribution in [3.8, 4) is 0 Å². The fourth-order valence-electron chi connectivity index (χ4n) is 3.00. The van der Waals surface area contributed by atoms with Crippen LogP contribution in [0.4, 0.5) is 11.5 Å². The maximum Gasteiger partial charge on any atom is 0.262 e. The van der Waals surface area contributed by atoms with Gasteiger partial charge in [0.25, 0.3) is 10.0 Å². The Morgan fingerprint density at radius 3 is 2.33 bits per heavy atom. The van der Waals surface area contributed by atoms with Crippen molar-refractivity contribution < 1.29 is 8.42 Å². The van der Waals surface area contributed by atoms with Crippen molar-refractivity contribution in [2.75, 3.05) is 22.7 Å². The fourth-order valence-corrected chi connectivity index (χ4v) is 4.29. The lowest BCUT2D eigenvalue weighted by Crippen LogP contribution is -2.24. The minimum Gasteiger partial charge on any atom is -0.357 e. The fraction of sp³-hybridized carbons (Fsp3) is 0.389. The molecule has 24 heavy (non-hydrogen) atoms. The van der Waals surface area contributed by atoms with E-state index in [-0.39, 0.29) is 0 Å². The van der Waals surface area contributed by atoms with Gasteiger partial charge in [-0.05, 0) is 43.5 Å². The van der Waals surface area contributed by atoms with E-state index >= 15 is 0 Å². The Labute approximate surface area is 143 Å². The highest BCUT2D eigenvalue weighted by molar-refractivity contribution is 7.92. The summed E-state index contributed by atoms with van der Waals surface area (Å²) in [7, 11) is -3.59. The number of anilines is 2. The van der Waals surface area contributed by atoms with Gasteiger partial charge in [0.15, 0.2) is 0 Å². The van der Waals surface area contributed by atoms with Gasteiger partial charge in [0.1, 0.15) is 5.82 Å². The average Bonchev–Trinajstić information content (AvgIpc) is 2.85. The highest BCUT2D eigenvalue weighted by Gasteiger charge is 2.17. The summed E-state index contributed by atoms with van der Waals surface area (Å²) in [5.41, 5.74) is 1.20. The summed E-state index contributed by atoms with van der Waals surface area (Å²) in [4.78, 5) is 7.01. The van der Waals surface area contributed by atoms with Crippen LogP contribution in [-0.2, 0) is 10.0 Å². The van der Waals surface area contributed by atoms with Crippen LogP contribution in [0.15, 0.2) is 47.5 Å². The van der Waals surface area contributed by atoms with Crippen LogP contribution in [0.2, 0.25) is 0 Å². The molecule has 0 radical (unpaired) electrons. The number of rotatable bonds is 4. The molecule has 0 spiro atoms. The molecule has 6 heteroatoms. The minimum absolute atomic E-state index is 0.293. The van der Waals surface area contributed by atoms with Crippen LogP contribution in [-0.4, -0.2) is 26.5 Å². The van der Waals surface area contributed by atoms with Gasteiger partial charge in [-0.1, -0.05) is 31.0 Å². The molecule has 1 aromatic carbocycles. The van der Waals surface area contributed by atoms with Crippen LogP contribution in [0.5, 0.6) is 0 Å². The lowest BCUT2D eigenvalue weighted by atomic mass is 10.2. The van der Waals surface area contributed by atoms with E-state index in [4.69, 9.17) is 0 Å². The summed E-state index contributed by atoms with van der Waals surface area (Å²) in [6, 6.07) is 10.6. The standard InChI is InChI=1S/C18H23N3O2S/c1-15-8-4-5-9-17(15)24(22,23)20-16-10-11-18(19-14-16)21-12-6-2-3-7-13-21/h4-5,8-11,14,20H,2-3,6-7,12-13H2,1H3. The molecule has 0 unspecified atom stereocenters. The molecule has 3 rings (SSSR count). The lowest BCUT2D eigenvalue weighted by molar-refractivity contribution is 0.600. The Morgan fingerprint density at radius 1 is 1.00 bits per heavy atom. The van der Waals surface area contributed by atoms with Gasteiger partial charge in [0.2, 0.25) is 0 Å². The number of nitrogens with one attached hydrogen (secondary N) is 1. The first kappa shape index (κ1) is 16.8. The molecule has 5 nitrogen and oxygen atoms in total. The first-order valence-electron chi connectivity index (χ1n) is 8.36. The number of pyridine rings is 1. The van der Waals surface area contributed by atoms with E-state index in [1.54, 1.807) is 37.4 Å². The molecule has 0 saturated carbocycles. The number of hydrogen-bond acceptors (Lipinski definition) is 4. The van der Waals surface area contributed by atoms with Gasteiger partial charge in [0, 0.05) is 13.1 Å². The third-order valence-electron chi connectivity index (χ3n) is 4.31. The topological polar surface area (TPSA) is 62.3 Å². The molecular weight excluding hydrogens is 322 g/mol. The second kappa shape index (κ2) is 7.21. The van der Waals surface area contributed by atoms with E-state index in [2.05, 4.69) is 14.6 Å². The third-order valence-corrected chi connectivity index (χ3v) is 5.85. The monoisotopic (exact) mass is 345 g/mol. The van der Waals surface area contributed by atoms with Crippen molar-refractivity contribution in [1.29, 1.82) is 0 Å². The van der Waals surface area contributed by atoms with Gasteiger partial charge < -0.3 is 4.90 Å². The first-order valence-corrected chi connectivity index (χ1v) is 9.84. The molecule has 1 aliphatic rings. The molecule has 2 aromatic rings. The molecule has 128 valence electrons. The Hall–Kier alpha value is -2.08. The van der Waals surface area contributed by atoms with Crippen LogP contribution < -0.4 is 9.62 Å². The van der Waals surface area contributed by atoms with Crippen LogP contribution in [0, 0.1) is 6.92 Å². The van der Waals surface area contributed by atoms with Crippen molar-refractivity contribution in [3.05, 3.63) is 48.2 Å². The third kappa shape index (κ3) is 3.87. The van der Waals surface area contributed by atoms with Crippen LogP contribution >= 0.6 is 0 Å². The quantitative estimate of drug-likeness (QED) is 0.920. The number of aryl methyl sites for hydroxylation is 1. The van der Waals surface area contributed by atoms with E-state index in [1.807, 2.05) is 12.1 Å². The molecule has 1 fully saturated rings. The Kier molecular flexibility index (Phi) is 5.04. The molecule has 0 bridgehead atoms. The zero-order valence-corrected chi connectivity index (χ0v) is 14.7. The summed E-state index contributed by atoms with van der Waals surface area (Å²) in [5.74, 6) is 0.913. The number of nitrogens with zero attached hydrogens (tertiary/aromatic N) is 2. The van der Waals surface area contributed by atoms with Crippen molar-refractivity contribution in [2.45, 2.75) is 37.5 Å². The van der Waals surface area contributed by atoms with Gasteiger partial charge in [-0.15, -0.1) is 0 Å². The molecular formula is C18H23N3O2S. The predicted octanol–water partition coefficient (Wildman–Crippen LogP) is 3.57. The molecule has 2 heterocycles. The van der Waals surface area contributed by atoms with Gasteiger partial charge in [-0.2, -0.15) is 0 Å². The van der Waals surface area contributed by atoms with Gasteiger partial charge >= 0.3 is 0 Å². The second-order valence-electron chi connectivity index (χ2n) is 6.18. The maximum atomic E-state index is 12.5. The molecule has 0 aliphatic carbocycles. The summed E-state index contributed by atoms with van der Waals surface area (Å²) >= 11 is 0. The minimum atomic E-state index is -3.59. The SMILES string of the molecule is Cc1ccccc1S(=O)(=O)Nc1ccc(N2CCCCCC2)nc1. The van der Waals surface area contributed by atoms with E-state index < -0.39 is 10.0 Å². The largest absolute Gasteiger partial charge is 0.357 e. The van der Waals surface area contributed by atoms with Crippen molar-refractivity contribution in [2.24, 2.45) is 0 Å². The average molecular weight is 345 g/mol. The lowest BCUT2D eigenvalue weighted by Gasteiger charge is -2.21. The maximum absolute atomic E-state index is 12.5. The number of hydrogen-bond donors (Lipinski definition) is 1. The zero-order valence-electron chi connectivity index (χ0n) is 13.9. The van der Waals surface area contributed by atoms with Gasteiger partial charge in [0.05, 0.1) is 16.8 Å².